The lowest BCUT2D eigenvalue weighted by Crippen LogP contribution is -2.14. The minimum atomic E-state index is -0.534. The van der Waals surface area contributed by atoms with Crippen LogP contribution in [-0.4, -0.2) is 11.8 Å². The molecule has 2 aromatic carbocycles. The van der Waals surface area contributed by atoms with Gasteiger partial charge in [0.15, 0.2) is 0 Å². The molecule has 0 aliphatic heterocycles. The third kappa shape index (κ3) is 4.56. The summed E-state index contributed by atoms with van der Waals surface area (Å²) < 4.78 is 13.0. The molecule has 0 radical (unpaired) electrons. The normalized spacial score (nSPS) is 10.1. The largest absolute Gasteiger partial charge is 0.326 e. The highest BCUT2D eigenvalue weighted by molar-refractivity contribution is 6.31. The molecule has 2 amide bonds. The van der Waals surface area contributed by atoms with Crippen molar-refractivity contribution in [3.63, 3.8) is 0 Å². The van der Waals surface area contributed by atoms with Gasteiger partial charge in [-0.3, -0.25) is 9.59 Å². The molecule has 4 nitrogen and oxygen atoms in total. The minimum Gasteiger partial charge on any atom is -0.326 e. The van der Waals surface area contributed by atoms with Gasteiger partial charge in [0.1, 0.15) is 5.82 Å². The Kier molecular flexibility index (Phi) is 5.12. The Morgan fingerprint density at radius 1 is 1.05 bits per heavy atom. The van der Waals surface area contributed by atoms with Gasteiger partial charge >= 0.3 is 0 Å². The molecule has 6 heteroatoms. The first-order chi connectivity index (χ1) is 10.4. The van der Waals surface area contributed by atoms with Crippen molar-refractivity contribution in [2.75, 3.05) is 10.6 Å². The first kappa shape index (κ1) is 16.0. The van der Waals surface area contributed by atoms with Crippen molar-refractivity contribution in [3.8, 4) is 0 Å². The molecule has 0 fully saturated rings. The van der Waals surface area contributed by atoms with E-state index in [0.717, 1.165) is 5.56 Å². The monoisotopic (exact) mass is 320 g/mol. The summed E-state index contributed by atoms with van der Waals surface area (Å²) in [5.41, 5.74) is 1.90. The van der Waals surface area contributed by atoms with Crippen molar-refractivity contribution in [1.82, 2.24) is 0 Å². The number of carbonyl (C=O) groups is 2. The van der Waals surface area contributed by atoms with E-state index >= 15 is 0 Å². The molecule has 0 spiro atoms. The zero-order chi connectivity index (χ0) is 16.1. The van der Waals surface area contributed by atoms with Gasteiger partial charge < -0.3 is 10.6 Å². The first-order valence-corrected chi connectivity index (χ1v) is 6.93. The smallest absolute Gasteiger partial charge is 0.228 e. The van der Waals surface area contributed by atoms with E-state index in [0.29, 0.717) is 11.4 Å². The number of rotatable bonds is 4. The lowest BCUT2D eigenvalue weighted by Gasteiger charge is -2.07. The van der Waals surface area contributed by atoms with Crippen molar-refractivity contribution in [1.29, 1.82) is 0 Å². The number of nitrogens with one attached hydrogen (secondary N) is 2. The number of anilines is 2. The lowest BCUT2D eigenvalue weighted by molar-refractivity contribution is -0.116. The van der Waals surface area contributed by atoms with Crippen LogP contribution < -0.4 is 10.6 Å². The van der Waals surface area contributed by atoms with Crippen LogP contribution in [0.15, 0.2) is 42.5 Å². The molecule has 0 unspecified atom stereocenters. The number of hydrogen-bond acceptors (Lipinski definition) is 2. The second-order valence-electron chi connectivity index (χ2n) is 4.73. The molecular weight excluding hydrogens is 307 g/mol. The molecule has 2 aromatic rings. The Morgan fingerprint density at radius 2 is 1.68 bits per heavy atom. The van der Waals surface area contributed by atoms with Crippen molar-refractivity contribution in [2.45, 2.75) is 13.3 Å². The Hall–Kier alpha value is -2.40. The van der Waals surface area contributed by atoms with E-state index in [1.165, 1.54) is 25.1 Å². The number of carbonyl (C=O) groups excluding carboxylic acids is 2. The van der Waals surface area contributed by atoms with E-state index in [4.69, 9.17) is 11.6 Å². The van der Waals surface area contributed by atoms with E-state index in [9.17, 15) is 14.0 Å². The summed E-state index contributed by atoms with van der Waals surface area (Å²) in [5.74, 6) is -0.929. The predicted molar refractivity (Wildman–Crippen MR) is 84.5 cm³/mol. The van der Waals surface area contributed by atoms with Gasteiger partial charge in [0.2, 0.25) is 11.8 Å². The fourth-order valence-corrected chi connectivity index (χ4v) is 2.05. The van der Waals surface area contributed by atoms with Crippen LogP contribution in [0.4, 0.5) is 15.8 Å². The number of hydrogen-bond donors (Lipinski definition) is 2. The molecule has 0 aliphatic carbocycles. The van der Waals surface area contributed by atoms with Crippen LogP contribution in [-0.2, 0) is 16.0 Å². The number of halogens is 2. The Labute approximate surface area is 132 Å². The second kappa shape index (κ2) is 7.04. The molecule has 0 saturated carbocycles. The average Bonchev–Trinajstić information content (AvgIpc) is 2.44. The van der Waals surface area contributed by atoms with E-state index in [-0.39, 0.29) is 23.3 Å². The highest BCUT2D eigenvalue weighted by Gasteiger charge is 2.07. The van der Waals surface area contributed by atoms with Gasteiger partial charge in [0.05, 0.1) is 11.4 Å². The van der Waals surface area contributed by atoms with Gasteiger partial charge in [0, 0.05) is 18.3 Å². The van der Waals surface area contributed by atoms with Crippen LogP contribution in [0, 0.1) is 5.82 Å². The van der Waals surface area contributed by atoms with Crippen molar-refractivity contribution in [2.24, 2.45) is 0 Å². The molecular formula is C16H14ClFN2O2. The van der Waals surface area contributed by atoms with E-state index in [1.807, 2.05) is 0 Å². The summed E-state index contributed by atoms with van der Waals surface area (Å²) >= 11 is 5.66. The summed E-state index contributed by atoms with van der Waals surface area (Å²) in [6.07, 6.45) is 0.162. The summed E-state index contributed by atoms with van der Waals surface area (Å²) in [5, 5.41) is 5.25. The number of amides is 2. The van der Waals surface area contributed by atoms with Crippen LogP contribution in [0.25, 0.3) is 0 Å². The van der Waals surface area contributed by atoms with Gasteiger partial charge in [-0.05, 0) is 35.9 Å². The van der Waals surface area contributed by atoms with Crippen LogP contribution in [0.2, 0.25) is 5.02 Å². The standard InChI is InChI=1S/C16H14ClFN2O2/c1-10(21)19-12-4-2-11(3-5-12)8-16(22)20-13-6-7-15(18)14(17)9-13/h2-7,9H,8H2,1H3,(H,19,21)(H,20,22). The molecule has 0 aliphatic rings. The summed E-state index contributed by atoms with van der Waals surface area (Å²) in [7, 11) is 0. The van der Waals surface area contributed by atoms with Crippen molar-refractivity contribution < 1.29 is 14.0 Å². The van der Waals surface area contributed by atoms with Crippen molar-refractivity contribution >= 4 is 34.8 Å². The topological polar surface area (TPSA) is 58.2 Å². The third-order valence-electron chi connectivity index (χ3n) is 2.84. The van der Waals surface area contributed by atoms with Crippen LogP contribution in [0.5, 0.6) is 0 Å². The molecule has 22 heavy (non-hydrogen) atoms. The Balaban J connectivity index is 1.96. The maximum absolute atomic E-state index is 13.0. The maximum Gasteiger partial charge on any atom is 0.228 e. The quantitative estimate of drug-likeness (QED) is 0.904. The Bertz CT molecular complexity index is 702. The number of benzene rings is 2. The summed E-state index contributed by atoms with van der Waals surface area (Å²) in [6.45, 7) is 1.43. The molecule has 0 saturated heterocycles. The molecule has 0 heterocycles. The van der Waals surface area contributed by atoms with Crippen molar-refractivity contribution in [3.05, 3.63) is 58.9 Å². The van der Waals surface area contributed by atoms with Crippen LogP contribution in [0.1, 0.15) is 12.5 Å². The molecule has 2 N–H and O–H groups in total. The van der Waals surface area contributed by atoms with Gasteiger partial charge in [0.25, 0.3) is 0 Å². The Morgan fingerprint density at radius 3 is 2.27 bits per heavy atom. The van der Waals surface area contributed by atoms with Crippen LogP contribution in [0.3, 0.4) is 0 Å². The minimum absolute atomic E-state index is 0.0440. The second-order valence-corrected chi connectivity index (χ2v) is 5.14. The average molecular weight is 321 g/mol. The maximum atomic E-state index is 13.0. The molecule has 114 valence electrons. The predicted octanol–water partition coefficient (Wildman–Crippen LogP) is 3.62. The van der Waals surface area contributed by atoms with Gasteiger partial charge in [-0.15, -0.1) is 0 Å². The third-order valence-corrected chi connectivity index (χ3v) is 3.13. The van der Waals surface area contributed by atoms with Gasteiger partial charge in [-0.25, -0.2) is 4.39 Å². The van der Waals surface area contributed by atoms with E-state index in [1.54, 1.807) is 24.3 Å². The summed E-state index contributed by atoms with van der Waals surface area (Å²) in [4.78, 5) is 22.8. The summed E-state index contributed by atoms with van der Waals surface area (Å²) in [6, 6.07) is 10.9. The molecule has 0 bridgehead atoms. The fourth-order valence-electron chi connectivity index (χ4n) is 1.87. The fraction of sp³-hybridized carbons (Fsp3) is 0.125. The SMILES string of the molecule is CC(=O)Nc1ccc(CC(=O)Nc2ccc(F)c(Cl)c2)cc1. The van der Waals surface area contributed by atoms with E-state index in [2.05, 4.69) is 10.6 Å². The van der Waals surface area contributed by atoms with Gasteiger partial charge in [-0.2, -0.15) is 0 Å². The lowest BCUT2D eigenvalue weighted by atomic mass is 10.1. The van der Waals surface area contributed by atoms with E-state index < -0.39 is 5.82 Å². The highest BCUT2D eigenvalue weighted by atomic mass is 35.5. The zero-order valence-electron chi connectivity index (χ0n) is 11.8. The highest BCUT2D eigenvalue weighted by Crippen LogP contribution is 2.19. The molecule has 2 rings (SSSR count). The zero-order valence-corrected chi connectivity index (χ0v) is 12.6. The first-order valence-electron chi connectivity index (χ1n) is 6.55. The van der Waals surface area contributed by atoms with Crippen LogP contribution >= 0.6 is 11.6 Å². The molecule has 0 aromatic heterocycles. The van der Waals surface area contributed by atoms with Gasteiger partial charge in [-0.1, -0.05) is 23.7 Å². The molecule has 0 atom stereocenters.